The predicted molar refractivity (Wildman–Crippen MR) is 176 cm³/mol. The van der Waals surface area contributed by atoms with E-state index in [1.54, 1.807) is 11.9 Å². The number of nitrogens with zero attached hydrogens (tertiary/aromatic N) is 6. The summed E-state index contributed by atoms with van der Waals surface area (Å²) in [6.45, 7) is 1.83. The lowest BCUT2D eigenvalue weighted by atomic mass is 9.84. The van der Waals surface area contributed by atoms with Crippen molar-refractivity contribution < 1.29 is 27.4 Å². The predicted octanol–water partition coefficient (Wildman–Crippen LogP) is 5.67. The Kier molecular flexibility index (Phi) is 7.50. The van der Waals surface area contributed by atoms with Gasteiger partial charge in [0.25, 0.3) is 0 Å². The van der Waals surface area contributed by atoms with E-state index in [1.807, 2.05) is 11.0 Å². The van der Waals surface area contributed by atoms with E-state index in [-0.39, 0.29) is 84.8 Å². The van der Waals surface area contributed by atoms with Crippen molar-refractivity contribution in [1.82, 2.24) is 19.8 Å². The van der Waals surface area contributed by atoms with Gasteiger partial charge in [-0.2, -0.15) is 15.2 Å². The molecule has 5 heterocycles. The second-order valence-electron chi connectivity index (χ2n) is 13.1. The van der Waals surface area contributed by atoms with E-state index in [0.29, 0.717) is 38.2 Å². The molecule has 8 rings (SSSR count). The Balaban J connectivity index is 1.31. The largest absolute Gasteiger partial charge is 0.489 e. The number of aromatic nitrogens is 2. The van der Waals surface area contributed by atoms with Crippen molar-refractivity contribution in [3.63, 3.8) is 0 Å². The highest BCUT2D eigenvalue weighted by Crippen LogP contribution is 2.51. The number of amides is 1. The molecular weight excluding hydrogens is 667 g/mol. The van der Waals surface area contributed by atoms with E-state index in [4.69, 9.17) is 31.8 Å². The van der Waals surface area contributed by atoms with Crippen LogP contribution in [0.2, 0.25) is 5.02 Å². The van der Waals surface area contributed by atoms with Crippen LogP contribution in [0.3, 0.4) is 0 Å². The minimum Gasteiger partial charge on any atom is -0.489 e. The molecule has 1 saturated carbocycles. The quantitative estimate of drug-likeness (QED) is 0.244. The topological polar surface area (TPSA) is 121 Å². The smallest absolute Gasteiger partial charge is 0.319 e. The molecule has 0 unspecified atom stereocenters. The summed E-state index contributed by atoms with van der Waals surface area (Å²) in [6, 6.07) is 4.52. The molecule has 0 radical (unpaired) electrons. The Hall–Kier alpha value is -4.06. The van der Waals surface area contributed by atoms with Gasteiger partial charge >= 0.3 is 6.01 Å². The second kappa shape index (κ2) is 11.5. The van der Waals surface area contributed by atoms with Gasteiger partial charge in [-0.25, -0.2) is 13.2 Å². The Morgan fingerprint density at radius 1 is 1.29 bits per heavy atom. The maximum Gasteiger partial charge on any atom is 0.319 e. The van der Waals surface area contributed by atoms with Gasteiger partial charge in [0.1, 0.15) is 47.6 Å². The number of fused-ring (bicyclic) bond motifs is 2. The first-order valence-electron chi connectivity index (χ1n) is 15.9. The zero-order chi connectivity index (χ0) is 33.5. The number of rotatable bonds is 7. The molecule has 15 heteroatoms. The Labute approximate surface area is 282 Å². The lowest BCUT2D eigenvalue weighted by Crippen LogP contribution is -2.53. The van der Waals surface area contributed by atoms with Crippen LogP contribution in [0, 0.1) is 23.0 Å². The van der Waals surface area contributed by atoms with Crippen LogP contribution < -0.4 is 20.1 Å². The monoisotopic (exact) mass is 697 g/mol. The van der Waals surface area contributed by atoms with Crippen molar-refractivity contribution in [2.45, 2.75) is 55.9 Å². The summed E-state index contributed by atoms with van der Waals surface area (Å²) in [6.07, 6.45) is 3.21. The molecule has 0 spiro atoms. The molecule has 4 aromatic rings. The SMILES string of the molecule is CN(C=O)C1CC(N2CCOc3c(Cl)c(-c4ccc(F)c5sc(N)c(C#N)c45)c(F)c4nc(OC[C@@]56CCCN5C[C@H](F)C6)nc2c34)C1. The molecule has 0 bridgehead atoms. The Morgan fingerprint density at radius 2 is 2.10 bits per heavy atom. The highest BCUT2D eigenvalue weighted by molar-refractivity contribution is 7.23. The summed E-state index contributed by atoms with van der Waals surface area (Å²) in [4.78, 5) is 26.6. The molecule has 2 aromatic carbocycles. The van der Waals surface area contributed by atoms with Gasteiger partial charge in [0, 0.05) is 43.0 Å². The summed E-state index contributed by atoms with van der Waals surface area (Å²) < 4.78 is 59.2. The number of carbonyl (C=O) groups excluding carboxylic acids is 1. The molecule has 10 nitrogen and oxygen atoms in total. The fourth-order valence-electron chi connectivity index (χ4n) is 7.98. The third-order valence-corrected chi connectivity index (χ3v) is 11.9. The van der Waals surface area contributed by atoms with Crippen LogP contribution in [0.25, 0.3) is 32.1 Å². The fourth-order valence-corrected chi connectivity index (χ4v) is 9.26. The van der Waals surface area contributed by atoms with Gasteiger partial charge in [0.15, 0.2) is 11.6 Å². The standard InChI is InChI=1S/C33H31ClF3N7O3S/c1-42(15-45)17-9-18(10-17)44-7-8-46-28-24-27(40-32(41-31(24)44)47-14-33-5-2-6-43(33)13-16(35)11-33)26(37)23(25(28)34)19-3-4-21(36)29-22(19)20(12-38)30(39)48-29/h3-4,15-18H,2,5-11,13-14,39H2,1H3/t16-,17?,18?,33+/m1/s1. The second-order valence-corrected chi connectivity index (χ2v) is 14.5. The summed E-state index contributed by atoms with van der Waals surface area (Å²) in [5.41, 5.74) is 5.56. The molecule has 2 aromatic heterocycles. The Morgan fingerprint density at radius 3 is 2.88 bits per heavy atom. The number of thiophene rings is 1. The van der Waals surface area contributed by atoms with E-state index >= 15 is 4.39 Å². The zero-order valence-electron chi connectivity index (χ0n) is 25.9. The molecule has 4 aliphatic rings. The number of alkyl halides is 1. The molecule has 2 atom stereocenters. The van der Waals surface area contributed by atoms with Crippen LogP contribution >= 0.6 is 22.9 Å². The first-order chi connectivity index (χ1) is 23.1. The normalized spacial score (nSPS) is 25.0. The number of benzene rings is 2. The van der Waals surface area contributed by atoms with Crippen LogP contribution in [-0.2, 0) is 4.79 Å². The zero-order valence-corrected chi connectivity index (χ0v) is 27.5. The first-order valence-corrected chi connectivity index (χ1v) is 17.1. The van der Waals surface area contributed by atoms with E-state index in [1.165, 1.54) is 12.1 Å². The number of ether oxygens (including phenoxy) is 2. The molecule has 1 aliphatic carbocycles. The number of halogens is 4. The number of nitrogens with two attached hydrogens (primary N) is 1. The molecule has 48 heavy (non-hydrogen) atoms. The molecule has 250 valence electrons. The molecule has 2 saturated heterocycles. The van der Waals surface area contributed by atoms with Crippen molar-refractivity contribution >= 4 is 61.2 Å². The first kappa shape index (κ1) is 31.2. The van der Waals surface area contributed by atoms with Gasteiger partial charge in [-0.15, -0.1) is 11.3 Å². The maximum atomic E-state index is 17.2. The van der Waals surface area contributed by atoms with E-state index in [0.717, 1.165) is 37.1 Å². The average Bonchev–Trinajstić information content (AvgIpc) is 3.65. The van der Waals surface area contributed by atoms with Gasteiger partial charge in [0.05, 0.1) is 32.8 Å². The number of hydrogen-bond acceptors (Lipinski definition) is 10. The van der Waals surface area contributed by atoms with E-state index < -0.39 is 23.3 Å². The third kappa shape index (κ3) is 4.65. The lowest BCUT2D eigenvalue weighted by Gasteiger charge is -2.45. The highest BCUT2D eigenvalue weighted by atomic mass is 35.5. The van der Waals surface area contributed by atoms with E-state index in [2.05, 4.69) is 9.88 Å². The minimum absolute atomic E-state index is 0.0216. The van der Waals surface area contributed by atoms with Crippen molar-refractivity contribution in [3.8, 4) is 29.0 Å². The van der Waals surface area contributed by atoms with Crippen molar-refractivity contribution in [1.29, 1.82) is 5.26 Å². The van der Waals surface area contributed by atoms with E-state index in [9.17, 15) is 18.8 Å². The average molecular weight is 698 g/mol. The molecule has 1 amide bonds. The van der Waals surface area contributed by atoms with Crippen molar-refractivity contribution in [3.05, 3.63) is 34.4 Å². The highest BCUT2D eigenvalue weighted by Gasteiger charge is 2.49. The number of nitriles is 1. The van der Waals surface area contributed by atoms with Gasteiger partial charge in [-0.05, 0) is 43.9 Å². The van der Waals surface area contributed by atoms with Gasteiger partial charge < -0.3 is 25.0 Å². The minimum atomic E-state index is -0.957. The van der Waals surface area contributed by atoms with Gasteiger partial charge in [0.2, 0.25) is 6.41 Å². The molecular formula is C33H31ClF3N7O3S. The fraction of sp³-hybridized carbons (Fsp3) is 0.455. The molecule has 3 fully saturated rings. The van der Waals surface area contributed by atoms with Gasteiger partial charge in [-0.1, -0.05) is 17.7 Å². The van der Waals surface area contributed by atoms with Crippen LogP contribution in [0.1, 0.15) is 37.7 Å². The Bertz CT molecular complexity index is 2040. The van der Waals surface area contributed by atoms with Crippen molar-refractivity contribution in [2.75, 3.05) is 50.5 Å². The third-order valence-electron chi connectivity index (χ3n) is 10.5. The maximum absolute atomic E-state index is 17.2. The number of carbonyl (C=O) groups is 1. The molecule has 2 N–H and O–H groups in total. The van der Waals surface area contributed by atoms with Crippen LogP contribution in [0.15, 0.2) is 12.1 Å². The summed E-state index contributed by atoms with van der Waals surface area (Å²) in [5.74, 6) is -0.888. The summed E-state index contributed by atoms with van der Waals surface area (Å²) >= 11 is 7.91. The number of anilines is 2. The summed E-state index contributed by atoms with van der Waals surface area (Å²) in [7, 11) is 1.74. The van der Waals surface area contributed by atoms with Crippen LogP contribution in [0.5, 0.6) is 11.8 Å². The number of nitrogen functional groups attached to an aromatic ring is 1. The van der Waals surface area contributed by atoms with Crippen LogP contribution in [-0.4, -0.2) is 89.9 Å². The van der Waals surface area contributed by atoms with Crippen LogP contribution in [0.4, 0.5) is 24.0 Å². The summed E-state index contributed by atoms with van der Waals surface area (Å²) in [5, 5.41) is 10.3. The lowest BCUT2D eigenvalue weighted by molar-refractivity contribution is -0.120. The van der Waals surface area contributed by atoms with Gasteiger partial charge in [-0.3, -0.25) is 9.69 Å². The number of hydrogen-bond donors (Lipinski definition) is 1. The van der Waals surface area contributed by atoms with Crippen molar-refractivity contribution in [2.24, 2.45) is 0 Å². The molecule has 3 aliphatic heterocycles.